The van der Waals surface area contributed by atoms with Crippen molar-refractivity contribution < 1.29 is 9.90 Å². The number of rotatable bonds is 6. The fraction of sp³-hybridized carbons (Fsp3) is 0.529. The van der Waals surface area contributed by atoms with E-state index < -0.39 is 0 Å². The Hall–Kier alpha value is -1.51. The molecule has 2 rings (SSSR count). The summed E-state index contributed by atoms with van der Waals surface area (Å²) in [6.45, 7) is 0.159. The molecule has 1 fully saturated rings. The summed E-state index contributed by atoms with van der Waals surface area (Å²) in [5.41, 5.74) is 0.913. The molecular formula is C17H22N2O2S. The van der Waals surface area contributed by atoms with Crippen molar-refractivity contribution in [1.82, 2.24) is 5.32 Å². The Labute approximate surface area is 135 Å². The number of nitrogens with one attached hydrogen (secondary N) is 1. The minimum absolute atomic E-state index is 0.0301. The lowest BCUT2D eigenvalue weighted by atomic mass is 9.80. The minimum Gasteiger partial charge on any atom is -0.392 e. The molecule has 0 spiro atoms. The Morgan fingerprint density at radius 1 is 1.32 bits per heavy atom. The number of nitrogens with zero attached hydrogens (tertiary/aromatic N) is 1. The van der Waals surface area contributed by atoms with Crippen molar-refractivity contribution in [2.45, 2.75) is 37.2 Å². The fourth-order valence-electron chi connectivity index (χ4n) is 2.90. The summed E-state index contributed by atoms with van der Waals surface area (Å²) in [4.78, 5) is 13.3. The second-order valence-electron chi connectivity index (χ2n) is 5.64. The van der Waals surface area contributed by atoms with Gasteiger partial charge in [-0.1, -0.05) is 25.0 Å². The van der Waals surface area contributed by atoms with Crippen LogP contribution in [0.15, 0.2) is 29.2 Å². The summed E-state index contributed by atoms with van der Waals surface area (Å²) in [6, 6.07) is 9.86. The Bertz CT molecular complexity index is 524. The normalized spacial score (nSPS) is 21.1. The van der Waals surface area contributed by atoms with Crippen LogP contribution in [0.1, 0.15) is 31.2 Å². The molecule has 5 heteroatoms. The van der Waals surface area contributed by atoms with Gasteiger partial charge in [0.25, 0.3) is 0 Å². The molecule has 2 N–H and O–H groups in total. The summed E-state index contributed by atoms with van der Waals surface area (Å²) >= 11 is 1.76. The number of carbonyl (C=O) groups is 1. The quantitative estimate of drug-likeness (QED) is 0.625. The number of carbonyl (C=O) groups excluding carboxylic acids is 1. The van der Waals surface area contributed by atoms with E-state index in [4.69, 9.17) is 10.4 Å². The average Bonchev–Trinajstić information content (AvgIpc) is 2.58. The zero-order chi connectivity index (χ0) is 15.8. The van der Waals surface area contributed by atoms with Crippen molar-refractivity contribution in [3.8, 4) is 6.07 Å². The van der Waals surface area contributed by atoms with Gasteiger partial charge in [0, 0.05) is 16.6 Å². The number of amides is 1. The highest BCUT2D eigenvalue weighted by molar-refractivity contribution is 7.99. The molecule has 0 heterocycles. The highest BCUT2D eigenvalue weighted by Crippen LogP contribution is 2.34. The first-order chi connectivity index (χ1) is 10.7. The van der Waals surface area contributed by atoms with E-state index in [1.807, 2.05) is 30.3 Å². The first-order valence-corrected chi connectivity index (χ1v) is 8.70. The second-order valence-corrected chi connectivity index (χ2v) is 6.73. The molecule has 1 amide bonds. The summed E-state index contributed by atoms with van der Waals surface area (Å²) < 4.78 is 0. The number of hydrogen-bond donors (Lipinski definition) is 2. The minimum atomic E-state index is 0.0301. The van der Waals surface area contributed by atoms with Crippen LogP contribution < -0.4 is 5.32 Å². The zero-order valence-corrected chi connectivity index (χ0v) is 13.4. The van der Waals surface area contributed by atoms with Gasteiger partial charge in [-0.2, -0.15) is 5.26 Å². The first-order valence-electron chi connectivity index (χ1n) is 7.72. The molecule has 2 unspecified atom stereocenters. The van der Waals surface area contributed by atoms with Crippen LogP contribution in [-0.2, 0) is 11.4 Å². The highest BCUT2D eigenvalue weighted by atomic mass is 32.2. The fourth-order valence-corrected chi connectivity index (χ4v) is 4.04. The predicted molar refractivity (Wildman–Crippen MR) is 87.2 cm³/mol. The van der Waals surface area contributed by atoms with Crippen LogP contribution in [0.5, 0.6) is 0 Å². The van der Waals surface area contributed by atoms with Gasteiger partial charge in [0.05, 0.1) is 12.7 Å². The number of aliphatic hydroxyl groups excluding tert-OH is 1. The SMILES string of the molecule is N#CCNC(=O)C1CCCCC1CSc1ccc(CO)cc1. The third-order valence-electron chi connectivity index (χ3n) is 4.16. The third-order valence-corrected chi connectivity index (χ3v) is 5.36. The molecule has 1 saturated carbocycles. The highest BCUT2D eigenvalue weighted by Gasteiger charge is 2.30. The van der Waals surface area contributed by atoms with E-state index in [1.54, 1.807) is 11.8 Å². The molecule has 118 valence electrons. The van der Waals surface area contributed by atoms with Crippen LogP contribution in [0.2, 0.25) is 0 Å². The molecule has 4 nitrogen and oxygen atoms in total. The molecule has 0 aromatic heterocycles. The number of nitriles is 1. The topological polar surface area (TPSA) is 73.1 Å². The molecule has 1 aromatic carbocycles. The smallest absolute Gasteiger partial charge is 0.224 e. The van der Waals surface area contributed by atoms with Crippen molar-refractivity contribution in [3.63, 3.8) is 0 Å². The maximum absolute atomic E-state index is 12.2. The summed E-state index contributed by atoms with van der Waals surface area (Å²) in [5.74, 6) is 1.35. The predicted octanol–water partition coefficient (Wildman–Crippen LogP) is 2.72. The monoisotopic (exact) mass is 318 g/mol. The zero-order valence-electron chi connectivity index (χ0n) is 12.6. The van der Waals surface area contributed by atoms with Gasteiger partial charge in [-0.3, -0.25) is 4.79 Å². The maximum Gasteiger partial charge on any atom is 0.224 e. The van der Waals surface area contributed by atoms with Gasteiger partial charge in [-0.05, 0) is 36.5 Å². The van der Waals surface area contributed by atoms with E-state index in [2.05, 4.69) is 5.32 Å². The molecule has 1 aliphatic rings. The largest absolute Gasteiger partial charge is 0.392 e. The third kappa shape index (κ3) is 4.75. The molecule has 22 heavy (non-hydrogen) atoms. The van der Waals surface area contributed by atoms with Crippen LogP contribution in [-0.4, -0.2) is 23.3 Å². The van der Waals surface area contributed by atoms with E-state index in [9.17, 15) is 4.79 Å². The van der Waals surface area contributed by atoms with Crippen LogP contribution in [0.3, 0.4) is 0 Å². The lowest BCUT2D eigenvalue weighted by Gasteiger charge is -2.30. The summed E-state index contributed by atoms with van der Waals surface area (Å²) in [7, 11) is 0. The van der Waals surface area contributed by atoms with Gasteiger partial charge >= 0.3 is 0 Å². The molecule has 0 aliphatic heterocycles. The van der Waals surface area contributed by atoms with Crippen LogP contribution >= 0.6 is 11.8 Å². The maximum atomic E-state index is 12.2. The van der Waals surface area contributed by atoms with Gasteiger partial charge in [-0.15, -0.1) is 11.8 Å². The number of benzene rings is 1. The van der Waals surface area contributed by atoms with Gasteiger partial charge in [-0.25, -0.2) is 0 Å². The van der Waals surface area contributed by atoms with E-state index in [0.717, 1.165) is 30.6 Å². The molecule has 1 aliphatic carbocycles. The Morgan fingerprint density at radius 2 is 2.05 bits per heavy atom. The van der Waals surface area contributed by atoms with Crippen LogP contribution in [0.25, 0.3) is 0 Å². The average molecular weight is 318 g/mol. The molecule has 0 saturated heterocycles. The van der Waals surface area contributed by atoms with Gasteiger partial charge < -0.3 is 10.4 Å². The van der Waals surface area contributed by atoms with Crippen molar-refractivity contribution in [1.29, 1.82) is 5.26 Å². The number of hydrogen-bond acceptors (Lipinski definition) is 4. The van der Waals surface area contributed by atoms with Gasteiger partial charge in [0.1, 0.15) is 6.54 Å². The molecular weight excluding hydrogens is 296 g/mol. The standard InChI is InChI=1S/C17H22N2O2S/c18-9-10-19-17(21)16-4-2-1-3-14(16)12-22-15-7-5-13(11-20)6-8-15/h5-8,14,16,20H,1-4,10-12H2,(H,19,21). The van der Waals surface area contributed by atoms with E-state index >= 15 is 0 Å². The summed E-state index contributed by atoms with van der Waals surface area (Å²) in [5, 5.41) is 20.4. The second kappa shape index (κ2) is 8.82. The van der Waals surface area contributed by atoms with Crippen molar-refractivity contribution in [2.75, 3.05) is 12.3 Å². The number of thioether (sulfide) groups is 1. The van der Waals surface area contributed by atoms with Gasteiger partial charge in [0.2, 0.25) is 5.91 Å². The summed E-state index contributed by atoms with van der Waals surface area (Å²) in [6.07, 6.45) is 4.27. The van der Waals surface area contributed by atoms with E-state index in [1.165, 1.54) is 11.3 Å². The van der Waals surface area contributed by atoms with Crippen molar-refractivity contribution >= 4 is 17.7 Å². The molecule has 1 aromatic rings. The van der Waals surface area contributed by atoms with E-state index in [0.29, 0.717) is 5.92 Å². The molecule has 0 bridgehead atoms. The molecule has 2 atom stereocenters. The van der Waals surface area contributed by atoms with Crippen LogP contribution in [0.4, 0.5) is 0 Å². The molecule has 0 radical (unpaired) electrons. The lowest BCUT2D eigenvalue weighted by molar-refractivity contribution is -0.127. The van der Waals surface area contributed by atoms with Gasteiger partial charge in [0.15, 0.2) is 0 Å². The Kier molecular flexibility index (Phi) is 6.75. The Morgan fingerprint density at radius 3 is 2.73 bits per heavy atom. The van der Waals surface area contributed by atoms with Crippen LogP contribution in [0, 0.1) is 23.2 Å². The number of aliphatic hydroxyl groups is 1. The van der Waals surface area contributed by atoms with Crippen molar-refractivity contribution in [2.24, 2.45) is 11.8 Å². The first kappa shape index (κ1) is 16.9. The Balaban J connectivity index is 1.90. The van der Waals surface area contributed by atoms with Crippen molar-refractivity contribution in [3.05, 3.63) is 29.8 Å². The lowest BCUT2D eigenvalue weighted by Crippen LogP contribution is -2.37. The van der Waals surface area contributed by atoms with E-state index in [-0.39, 0.29) is 25.0 Å².